The lowest BCUT2D eigenvalue weighted by molar-refractivity contribution is -0.199. The number of guanidine groups is 1. The molecule has 0 spiro atoms. The summed E-state index contributed by atoms with van der Waals surface area (Å²) in [6.45, 7) is 8.31. The normalized spacial score (nSPS) is 26.3. The fourth-order valence-corrected chi connectivity index (χ4v) is 7.29. The third kappa shape index (κ3) is 8.15. The lowest BCUT2D eigenvalue weighted by atomic mass is 9.43. The number of benzene rings is 1. The van der Waals surface area contributed by atoms with Crippen molar-refractivity contribution in [3.05, 3.63) is 35.9 Å². The third-order valence-corrected chi connectivity index (χ3v) is 9.89. The summed E-state index contributed by atoms with van der Waals surface area (Å²) < 4.78 is 13.2. The van der Waals surface area contributed by atoms with Crippen LogP contribution in [0.3, 0.4) is 0 Å². The zero-order valence-electron chi connectivity index (χ0n) is 26.6. The van der Waals surface area contributed by atoms with E-state index in [0.29, 0.717) is 31.2 Å². The number of nitrogens with one attached hydrogen (secondary N) is 5. The van der Waals surface area contributed by atoms with Crippen molar-refractivity contribution in [1.29, 1.82) is 5.41 Å². The van der Waals surface area contributed by atoms with Crippen LogP contribution in [-0.4, -0.2) is 78.1 Å². The summed E-state index contributed by atoms with van der Waals surface area (Å²) in [7, 11) is -0.716. The Bertz CT molecular complexity index is 1270. The Kier molecular flexibility index (Phi) is 10.8. The van der Waals surface area contributed by atoms with Crippen molar-refractivity contribution in [2.45, 2.75) is 102 Å². The first-order valence-corrected chi connectivity index (χ1v) is 15.8. The second-order valence-electron chi connectivity index (χ2n) is 13.4. The molecule has 8 N–H and O–H groups in total. The second kappa shape index (κ2) is 14.2. The maximum absolute atomic E-state index is 14.0. The minimum absolute atomic E-state index is 0.0958. The summed E-state index contributed by atoms with van der Waals surface area (Å²) in [5.41, 5.74) is 5.92. The number of hydrogen-bond acceptors (Lipinski definition) is 7. The topological polar surface area (TPSA) is 205 Å². The summed E-state index contributed by atoms with van der Waals surface area (Å²) in [6, 6.07) is 7.04. The summed E-state index contributed by atoms with van der Waals surface area (Å²) in [4.78, 5) is 50.3. The van der Waals surface area contributed by atoms with Crippen LogP contribution in [0, 0.1) is 22.7 Å². The lowest BCUT2D eigenvalue weighted by Gasteiger charge is -2.64. The van der Waals surface area contributed by atoms with E-state index in [4.69, 9.17) is 25.6 Å². The number of amides is 3. The summed E-state index contributed by atoms with van der Waals surface area (Å²) >= 11 is 0. The Morgan fingerprint density at radius 3 is 2.36 bits per heavy atom. The van der Waals surface area contributed by atoms with E-state index in [1.807, 2.05) is 30.3 Å². The van der Waals surface area contributed by atoms with Crippen molar-refractivity contribution in [3.8, 4) is 0 Å². The minimum Gasteiger partial charge on any atom is -0.481 e. The number of nitrogens with two attached hydrogens (primary N) is 1. The number of hydrogen-bond donors (Lipinski definition) is 7. The van der Waals surface area contributed by atoms with Gasteiger partial charge in [0.25, 0.3) is 0 Å². The molecule has 1 aliphatic heterocycles. The van der Waals surface area contributed by atoms with E-state index >= 15 is 0 Å². The van der Waals surface area contributed by atoms with Crippen LogP contribution in [0.1, 0.15) is 71.8 Å². The van der Waals surface area contributed by atoms with Crippen molar-refractivity contribution in [1.82, 2.24) is 21.3 Å². The molecule has 1 saturated heterocycles. The summed E-state index contributed by atoms with van der Waals surface area (Å²) in [6.07, 6.45) is 2.58. The van der Waals surface area contributed by atoms with Gasteiger partial charge in [-0.05, 0) is 61.8 Å². The Balaban J connectivity index is 1.53. The highest BCUT2D eigenvalue weighted by Gasteiger charge is 2.68. The molecule has 1 aromatic rings. The molecule has 3 aliphatic carbocycles. The number of carbonyl (C=O) groups is 4. The van der Waals surface area contributed by atoms with E-state index in [-0.39, 0.29) is 36.7 Å². The molecule has 2 bridgehead atoms. The molecule has 0 radical (unpaired) electrons. The number of carboxylic acid groups (broad SMARTS) is 1. The van der Waals surface area contributed by atoms with Gasteiger partial charge in [0, 0.05) is 26.3 Å². The van der Waals surface area contributed by atoms with Gasteiger partial charge in [-0.1, -0.05) is 44.2 Å². The Labute approximate surface area is 264 Å². The van der Waals surface area contributed by atoms with Crippen molar-refractivity contribution < 1.29 is 33.6 Å². The van der Waals surface area contributed by atoms with E-state index in [1.165, 1.54) is 6.92 Å². The molecular weight excluding hydrogens is 579 g/mol. The van der Waals surface area contributed by atoms with Crippen molar-refractivity contribution in [2.24, 2.45) is 23.0 Å². The molecule has 7 atom stereocenters. The molecule has 3 amide bonds. The molecule has 14 heteroatoms. The van der Waals surface area contributed by atoms with Crippen molar-refractivity contribution >= 4 is 36.8 Å². The molecule has 3 saturated carbocycles. The first-order valence-electron chi connectivity index (χ1n) is 15.8. The molecule has 13 nitrogen and oxygen atoms in total. The largest absolute Gasteiger partial charge is 0.481 e. The highest BCUT2D eigenvalue weighted by molar-refractivity contribution is 6.48. The molecule has 5 rings (SSSR count). The van der Waals surface area contributed by atoms with Crippen LogP contribution in [0.2, 0.25) is 0 Å². The smallest absolute Gasteiger partial charge is 0.481 e. The monoisotopic (exact) mass is 626 g/mol. The van der Waals surface area contributed by atoms with Crippen molar-refractivity contribution in [2.75, 3.05) is 6.54 Å². The standard InChI is InChI=1S/C31H47BN6O7/c1-18(39)36-21(12-13-26(40)41)27(42)37-22(15-19-9-6-5-7-10-19)28(43)38-25(11-8-14-35-29(33)34)32-44-24-17-20-16-23(30(20,2)3)31(24,4)45-32/h5-7,9-10,20-25H,8,11-17H2,1-4H3,(H,36,39)(H,37,42)(H,38,43)(H,40,41)(H4,33,34,35)/t20-,21-,22-,23-,24?,25-,31-/m0/s1. The van der Waals surface area contributed by atoms with Gasteiger partial charge in [-0.3, -0.25) is 24.6 Å². The van der Waals surface area contributed by atoms with E-state index in [1.54, 1.807) is 0 Å². The molecule has 1 aromatic carbocycles. The fraction of sp³-hybridized carbons (Fsp3) is 0.645. The van der Waals surface area contributed by atoms with Gasteiger partial charge >= 0.3 is 13.1 Å². The minimum atomic E-state index is -1.13. The maximum atomic E-state index is 14.0. The quantitative estimate of drug-likeness (QED) is 0.0643. The number of rotatable bonds is 15. The average molecular weight is 627 g/mol. The van der Waals surface area contributed by atoms with Gasteiger partial charge in [0.05, 0.1) is 17.6 Å². The molecular formula is C31H47BN6O7. The van der Waals surface area contributed by atoms with Crippen LogP contribution in [0.25, 0.3) is 0 Å². The second-order valence-corrected chi connectivity index (χ2v) is 13.4. The molecule has 246 valence electrons. The van der Waals surface area contributed by atoms with Crippen LogP contribution in [0.4, 0.5) is 0 Å². The van der Waals surface area contributed by atoms with Gasteiger partial charge in [0.1, 0.15) is 12.1 Å². The summed E-state index contributed by atoms with van der Waals surface area (Å²) in [5, 5.41) is 27.7. The zero-order chi connectivity index (χ0) is 32.9. The number of aliphatic carboxylic acids is 1. The van der Waals surface area contributed by atoms with Gasteiger partial charge in [0.2, 0.25) is 17.7 Å². The predicted molar refractivity (Wildman–Crippen MR) is 168 cm³/mol. The van der Waals surface area contributed by atoms with E-state index < -0.39 is 54.4 Å². The van der Waals surface area contributed by atoms with Gasteiger partial charge in [-0.15, -0.1) is 0 Å². The van der Waals surface area contributed by atoms with Crippen LogP contribution in [0.15, 0.2) is 30.3 Å². The van der Waals surface area contributed by atoms with Crippen LogP contribution >= 0.6 is 0 Å². The lowest BCUT2D eigenvalue weighted by Crippen LogP contribution is -2.65. The van der Waals surface area contributed by atoms with E-state index in [0.717, 1.165) is 18.4 Å². The van der Waals surface area contributed by atoms with E-state index in [2.05, 4.69) is 42.0 Å². The highest BCUT2D eigenvalue weighted by atomic mass is 16.7. The number of carboxylic acids is 1. The first kappa shape index (κ1) is 34.2. The summed E-state index contributed by atoms with van der Waals surface area (Å²) in [5.74, 6) is -2.54. The van der Waals surface area contributed by atoms with Crippen LogP contribution < -0.4 is 27.0 Å². The van der Waals surface area contributed by atoms with Gasteiger partial charge < -0.3 is 41.4 Å². The Morgan fingerprint density at radius 2 is 1.73 bits per heavy atom. The van der Waals surface area contributed by atoms with Gasteiger partial charge in [0.15, 0.2) is 5.96 Å². The molecule has 4 fully saturated rings. The first-order chi connectivity index (χ1) is 21.2. The Morgan fingerprint density at radius 1 is 1.04 bits per heavy atom. The molecule has 1 heterocycles. The third-order valence-electron chi connectivity index (χ3n) is 9.89. The van der Waals surface area contributed by atoms with E-state index in [9.17, 15) is 19.2 Å². The zero-order valence-corrected chi connectivity index (χ0v) is 26.6. The van der Waals surface area contributed by atoms with Crippen LogP contribution in [-0.2, 0) is 34.9 Å². The highest BCUT2D eigenvalue weighted by Crippen LogP contribution is 2.65. The van der Waals surface area contributed by atoms with Crippen molar-refractivity contribution in [3.63, 3.8) is 0 Å². The number of carbonyl (C=O) groups excluding carboxylic acids is 3. The molecule has 1 unspecified atom stereocenters. The fourth-order valence-electron chi connectivity index (χ4n) is 7.29. The van der Waals surface area contributed by atoms with Gasteiger partial charge in [-0.25, -0.2) is 0 Å². The average Bonchev–Trinajstić information content (AvgIpc) is 3.33. The molecule has 45 heavy (non-hydrogen) atoms. The molecule has 0 aromatic heterocycles. The SMILES string of the molecule is CC(=O)N[C@@H](CCC(=O)O)C(=O)N[C@@H](Cc1ccccc1)C(=O)N[C@@H](CCCNC(=N)N)B1OC2C[C@@H]3C[C@@H](C3(C)C)[C@]2(C)O1. The van der Waals surface area contributed by atoms with Gasteiger partial charge in [-0.2, -0.15) is 0 Å². The Hall–Kier alpha value is -3.65. The van der Waals surface area contributed by atoms with Crippen LogP contribution in [0.5, 0.6) is 0 Å². The molecule has 4 aliphatic rings. The maximum Gasteiger partial charge on any atom is 0.481 e. The predicted octanol–water partition coefficient (Wildman–Crippen LogP) is 1.10.